The van der Waals surface area contributed by atoms with Crippen molar-refractivity contribution in [2.75, 3.05) is 5.73 Å². The van der Waals surface area contributed by atoms with E-state index in [1.807, 2.05) is 42.6 Å². The first-order chi connectivity index (χ1) is 13.3. The first kappa shape index (κ1) is 17.2. The number of hydrogen-bond donors (Lipinski definition) is 2. The summed E-state index contributed by atoms with van der Waals surface area (Å²) in [7, 11) is 0. The molecule has 1 aliphatic carbocycles. The Labute approximate surface area is 159 Å². The molecule has 0 radical (unpaired) electrons. The molecule has 27 heavy (non-hydrogen) atoms. The van der Waals surface area contributed by atoms with Crippen molar-refractivity contribution in [1.29, 1.82) is 5.41 Å². The van der Waals surface area contributed by atoms with Gasteiger partial charge in [0.25, 0.3) is 0 Å². The van der Waals surface area contributed by atoms with Crippen molar-refractivity contribution in [3.63, 3.8) is 0 Å². The first-order valence-electron chi connectivity index (χ1n) is 9.28. The lowest BCUT2D eigenvalue weighted by Gasteiger charge is -2.16. The number of nitrogens with zero attached hydrogens (tertiary/aromatic N) is 2. The summed E-state index contributed by atoms with van der Waals surface area (Å²) in [6, 6.07) is 15.9. The summed E-state index contributed by atoms with van der Waals surface area (Å²) in [6.45, 7) is 0. The van der Waals surface area contributed by atoms with Gasteiger partial charge in [0.05, 0.1) is 17.1 Å². The zero-order chi connectivity index (χ0) is 18.6. The van der Waals surface area contributed by atoms with E-state index < -0.39 is 0 Å². The molecule has 3 aromatic rings. The topological polar surface area (TPSA) is 75.1 Å². The molecule has 4 heteroatoms. The SMILES string of the molecule is N=Cc1cc(/N=C(\C2=CCCCC2)c2nccc3ccccc23)ccc1N. The van der Waals surface area contributed by atoms with Crippen LogP contribution in [0.3, 0.4) is 0 Å². The van der Waals surface area contributed by atoms with Crippen molar-refractivity contribution in [2.45, 2.75) is 25.7 Å². The number of pyridine rings is 1. The third-order valence-electron chi connectivity index (χ3n) is 4.96. The number of aromatic nitrogens is 1. The minimum atomic E-state index is 0.589. The van der Waals surface area contributed by atoms with Crippen LogP contribution in [0.1, 0.15) is 36.9 Å². The van der Waals surface area contributed by atoms with Crippen LogP contribution in [-0.4, -0.2) is 16.9 Å². The molecule has 3 N–H and O–H groups in total. The average Bonchev–Trinajstić information content (AvgIpc) is 2.73. The summed E-state index contributed by atoms with van der Waals surface area (Å²) in [5, 5.41) is 9.82. The number of anilines is 1. The highest BCUT2D eigenvalue weighted by molar-refractivity contribution is 6.18. The normalized spacial score (nSPS) is 14.8. The Hall–Kier alpha value is -3.27. The number of nitrogens with one attached hydrogen (secondary N) is 1. The van der Waals surface area contributed by atoms with Crippen LogP contribution in [0.2, 0.25) is 0 Å². The number of benzene rings is 2. The molecular formula is C23H22N4. The minimum absolute atomic E-state index is 0.589. The van der Waals surface area contributed by atoms with Crippen molar-refractivity contribution in [3.05, 3.63) is 77.6 Å². The van der Waals surface area contributed by atoms with Crippen molar-refractivity contribution in [3.8, 4) is 0 Å². The second kappa shape index (κ2) is 7.54. The molecule has 0 unspecified atom stereocenters. The van der Waals surface area contributed by atoms with Gasteiger partial charge in [0.1, 0.15) is 0 Å². The van der Waals surface area contributed by atoms with Crippen LogP contribution < -0.4 is 5.73 Å². The fourth-order valence-electron chi connectivity index (χ4n) is 3.52. The molecule has 2 aromatic carbocycles. The first-order valence-corrected chi connectivity index (χ1v) is 9.28. The van der Waals surface area contributed by atoms with Gasteiger partial charge in [-0.25, -0.2) is 4.99 Å². The number of allylic oxidation sites excluding steroid dienone is 2. The van der Waals surface area contributed by atoms with E-state index in [0.717, 1.165) is 40.7 Å². The fraction of sp³-hybridized carbons (Fsp3) is 0.174. The Kier molecular flexibility index (Phi) is 4.79. The molecule has 0 saturated heterocycles. The van der Waals surface area contributed by atoms with Gasteiger partial charge in [-0.3, -0.25) is 4.98 Å². The Morgan fingerprint density at radius 3 is 2.81 bits per heavy atom. The van der Waals surface area contributed by atoms with Crippen LogP contribution in [0.5, 0.6) is 0 Å². The van der Waals surface area contributed by atoms with Gasteiger partial charge >= 0.3 is 0 Å². The minimum Gasteiger partial charge on any atom is -0.398 e. The molecule has 0 bridgehead atoms. The predicted octanol–water partition coefficient (Wildman–Crippen LogP) is 5.44. The van der Waals surface area contributed by atoms with E-state index in [9.17, 15) is 0 Å². The van der Waals surface area contributed by atoms with Crippen molar-refractivity contribution >= 4 is 34.1 Å². The Morgan fingerprint density at radius 1 is 1.11 bits per heavy atom. The highest BCUT2D eigenvalue weighted by Gasteiger charge is 2.17. The van der Waals surface area contributed by atoms with Crippen molar-refractivity contribution in [2.24, 2.45) is 4.99 Å². The van der Waals surface area contributed by atoms with Gasteiger partial charge in [0.2, 0.25) is 0 Å². The summed E-state index contributed by atoms with van der Waals surface area (Å²) >= 11 is 0. The molecule has 0 saturated carbocycles. The summed E-state index contributed by atoms with van der Waals surface area (Å²) in [4.78, 5) is 9.68. The van der Waals surface area contributed by atoms with Crippen LogP contribution in [0.4, 0.5) is 11.4 Å². The quantitative estimate of drug-likeness (QED) is 0.484. The monoisotopic (exact) mass is 354 g/mol. The van der Waals surface area contributed by atoms with Gasteiger partial charge in [0, 0.05) is 29.0 Å². The van der Waals surface area contributed by atoms with E-state index in [4.69, 9.17) is 21.1 Å². The van der Waals surface area contributed by atoms with Gasteiger partial charge in [-0.05, 0) is 60.9 Å². The molecule has 4 rings (SSSR count). The van der Waals surface area contributed by atoms with Crippen molar-refractivity contribution in [1.82, 2.24) is 4.98 Å². The van der Waals surface area contributed by atoms with Crippen LogP contribution in [0, 0.1) is 5.41 Å². The van der Waals surface area contributed by atoms with E-state index in [2.05, 4.69) is 18.2 Å². The van der Waals surface area contributed by atoms with Gasteiger partial charge in [-0.15, -0.1) is 0 Å². The number of nitrogen functional groups attached to an aromatic ring is 1. The van der Waals surface area contributed by atoms with Gasteiger partial charge < -0.3 is 11.1 Å². The highest BCUT2D eigenvalue weighted by Crippen LogP contribution is 2.28. The summed E-state index contributed by atoms with van der Waals surface area (Å²) in [5.41, 5.74) is 11.1. The maximum Gasteiger partial charge on any atom is 0.0967 e. The third kappa shape index (κ3) is 3.51. The maximum atomic E-state index is 7.55. The van der Waals surface area contributed by atoms with Gasteiger partial charge in [-0.2, -0.15) is 0 Å². The molecule has 0 aliphatic heterocycles. The number of hydrogen-bond acceptors (Lipinski definition) is 4. The molecule has 1 aromatic heterocycles. The van der Waals surface area contributed by atoms with Crippen LogP contribution >= 0.6 is 0 Å². The molecule has 0 spiro atoms. The number of rotatable bonds is 4. The largest absolute Gasteiger partial charge is 0.398 e. The number of nitrogens with two attached hydrogens (primary N) is 1. The Morgan fingerprint density at radius 2 is 2.00 bits per heavy atom. The molecular weight excluding hydrogens is 332 g/mol. The second-order valence-electron chi connectivity index (χ2n) is 6.77. The van der Waals surface area contributed by atoms with E-state index >= 15 is 0 Å². The lowest BCUT2D eigenvalue weighted by molar-refractivity contribution is 0.717. The standard InChI is InChI=1S/C23H22N4/c24-15-18-14-19(10-11-21(18)25)27-22(17-7-2-1-3-8-17)23-20-9-5-4-6-16(20)12-13-26-23/h4-7,9-15,24H,1-3,8,25H2/b24-15?,27-22+. The highest BCUT2D eigenvalue weighted by atomic mass is 14.8. The summed E-state index contributed by atoms with van der Waals surface area (Å²) < 4.78 is 0. The number of fused-ring (bicyclic) bond motifs is 1. The van der Waals surface area contributed by atoms with E-state index in [1.54, 1.807) is 0 Å². The van der Waals surface area contributed by atoms with E-state index in [1.165, 1.54) is 24.6 Å². The molecule has 4 nitrogen and oxygen atoms in total. The zero-order valence-electron chi connectivity index (χ0n) is 15.2. The lowest BCUT2D eigenvalue weighted by atomic mass is 9.92. The molecule has 0 amide bonds. The third-order valence-corrected chi connectivity index (χ3v) is 4.96. The van der Waals surface area contributed by atoms with Gasteiger partial charge in [-0.1, -0.05) is 30.3 Å². The lowest BCUT2D eigenvalue weighted by Crippen LogP contribution is -2.10. The summed E-state index contributed by atoms with van der Waals surface area (Å²) in [5.74, 6) is 0. The van der Waals surface area contributed by atoms with E-state index in [0.29, 0.717) is 11.3 Å². The Bertz CT molecular complexity index is 1060. The smallest absolute Gasteiger partial charge is 0.0967 e. The summed E-state index contributed by atoms with van der Waals surface area (Å²) in [6.07, 6.45) is 9.89. The van der Waals surface area contributed by atoms with Crippen LogP contribution in [0.15, 0.2) is 71.4 Å². The molecule has 0 atom stereocenters. The molecule has 134 valence electrons. The van der Waals surface area contributed by atoms with E-state index in [-0.39, 0.29) is 0 Å². The fourth-order valence-corrected chi connectivity index (χ4v) is 3.52. The molecule has 1 heterocycles. The maximum absolute atomic E-state index is 7.55. The van der Waals surface area contributed by atoms with Gasteiger partial charge in [0.15, 0.2) is 0 Å². The number of aliphatic imine (C=N–C) groups is 1. The molecule has 1 aliphatic rings. The van der Waals surface area contributed by atoms with Crippen LogP contribution in [0.25, 0.3) is 10.8 Å². The predicted molar refractivity (Wildman–Crippen MR) is 113 cm³/mol. The molecule has 0 fully saturated rings. The average molecular weight is 354 g/mol. The zero-order valence-corrected chi connectivity index (χ0v) is 15.2. The second-order valence-corrected chi connectivity index (χ2v) is 6.77. The Balaban J connectivity index is 1.92. The van der Waals surface area contributed by atoms with Crippen molar-refractivity contribution < 1.29 is 0 Å². The van der Waals surface area contributed by atoms with Crippen LogP contribution in [-0.2, 0) is 0 Å².